The van der Waals surface area contributed by atoms with Crippen LogP contribution in [-0.2, 0) is 0 Å². The van der Waals surface area contributed by atoms with Gasteiger partial charge in [-0.2, -0.15) is 10.6 Å². The Labute approximate surface area is 205 Å². The van der Waals surface area contributed by atoms with Crippen LogP contribution in [0.25, 0.3) is 11.0 Å². The molecule has 0 spiro atoms. The summed E-state index contributed by atoms with van der Waals surface area (Å²) in [5.41, 5.74) is 2.39. The Bertz CT molecular complexity index is 1210. The lowest BCUT2D eigenvalue weighted by atomic mass is 10.1. The van der Waals surface area contributed by atoms with E-state index in [-0.39, 0.29) is 29.4 Å². The highest BCUT2D eigenvalue weighted by Crippen LogP contribution is 2.41. The van der Waals surface area contributed by atoms with Crippen molar-refractivity contribution in [3.05, 3.63) is 59.7 Å². The molecule has 35 heavy (non-hydrogen) atoms. The minimum Gasteiger partial charge on any atom is -0.335 e. The number of imidazole rings is 1. The lowest BCUT2D eigenvalue weighted by molar-refractivity contribution is 0.0769. The number of rotatable bonds is 4. The van der Waals surface area contributed by atoms with Crippen LogP contribution in [0.1, 0.15) is 46.0 Å². The molecule has 1 aromatic heterocycles. The fourth-order valence-corrected chi connectivity index (χ4v) is 6.08. The third-order valence-electron chi connectivity index (χ3n) is 6.75. The van der Waals surface area contributed by atoms with E-state index in [0.717, 1.165) is 25.8 Å². The average molecular weight is 498 g/mol. The summed E-state index contributed by atoms with van der Waals surface area (Å²) >= 11 is 0. The summed E-state index contributed by atoms with van der Waals surface area (Å²) in [5.74, 6) is 0.403. The first-order valence-electron chi connectivity index (χ1n) is 12.0. The molecule has 2 amide bonds. The van der Waals surface area contributed by atoms with Gasteiger partial charge in [0.15, 0.2) is 0 Å². The highest BCUT2D eigenvalue weighted by molar-refractivity contribution is 8.24. The third-order valence-corrected chi connectivity index (χ3v) is 8.42. The second kappa shape index (κ2) is 9.98. The average Bonchev–Trinajstić information content (AvgIpc) is 3.02. The zero-order valence-corrected chi connectivity index (χ0v) is 20.3. The number of nitrogens with zero attached hydrogens (tertiary/aromatic N) is 3. The van der Waals surface area contributed by atoms with E-state index in [1.165, 1.54) is 0 Å². The number of carbonyl (C=O) groups excluding carboxylic acids is 2. The van der Waals surface area contributed by atoms with E-state index in [1.807, 2.05) is 28.8 Å². The standard InChI is InChI=1S/C25H31N5O4S/c31-23(18-7-2-1-3-8-18)28-25-27-21-11-6-10-20(24(32)29-13-15-35(33,34)16-14-29)22(21)30(25)19-9-4-5-12-26-17-19/h1-3,6-8,10-11,19,26,33-34H,4-5,9,12-17H2,(H,27,28,31). The number of para-hydroxylation sites is 1. The molecule has 9 nitrogen and oxygen atoms in total. The van der Waals surface area contributed by atoms with Gasteiger partial charge in [-0.25, -0.2) is 4.98 Å². The molecule has 2 saturated heterocycles. The molecule has 3 heterocycles. The number of hydrogen-bond donors (Lipinski definition) is 4. The number of hydrogen-bond acceptors (Lipinski definition) is 6. The van der Waals surface area contributed by atoms with Gasteiger partial charge in [0, 0.05) is 31.2 Å². The molecule has 2 aromatic carbocycles. The molecule has 0 aliphatic carbocycles. The van der Waals surface area contributed by atoms with Gasteiger partial charge in [-0.15, -0.1) is 0 Å². The highest BCUT2D eigenvalue weighted by Gasteiger charge is 2.30. The van der Waals surface area contributed by atoms with Gasteiger partial charge in [0.25, 0.3) is 11.8 Å². The maximum Gasteiger partial charge on any atom is 0.257 e. The number of anilines is 1. The van der Waals surface area contributed by atoms with E-state index >= 15 is 0 Å². The van der Waals surface area contributed by atoms with Crippen LogP contribution >= 0.6 is 10.6 Å². The molecule has 0 saturated carbocycles. The van der Waals surface area contributed by atoms with Gasteiger partial charge in [-0.3, -0.25) is 24.0 Å². The number of amides is 2. The van der Waals surface area contributed by atoms with Gasteiger partial charge in [-0.1, -0.05) is 30.7 Å². The van der Waals surface area contributed by atoms with E-state index in [1.54, 1.807) is 29.2 Å². The Balaban J connectivity index is 1.56. The number of carbonyl (C=O) groups is 2. The summed E-state index contributed by atoms with van der Waals surface area (Å²) in [5, 5.41) is 6.46. The number of fused-ring (bicyclic) bond motifs is 1. The van der Waals surface area contributed by atoms with Gasteiger partial charge in [-0.05, 0) is 43.7 Å². The molecule has 10 heteroatoms. The van der Waals surface area contributed by atoms with Crippen molar-refractivity contribution >= 4 is 39.4 Å². The molecule has 1 unspecified atom stereocenters. The van der Waals surface area contributed by atoms with Crippen LogP contribution in [0.15, 0.2) is 48.5 Å². The van der Waals surface area contributed by atoms with Crippen molar-refractivity contribution in [2.75, 3.05) is 43.0 Å². The number of aromatic nitrogens is 2. The van der Waals surface area contributed by atoms with Crippen molar-refractivity contribution in [3.63, 3.8) is 0 Å². The maximum atomic E-state index is 13.6. The molecule has 2 aliphatic heterocycles. The van der Waals surface area contributed by atoms with Crippen LogP contribution in [-0.4, -0.2) is 73.1 Å². The lowest BCUT2D eigenvalue weighted by Crippen LogP contribution is -2.42. The SMILES string of the molecule is O=C(Nc1nc2cccc(C(=O)N3CCS(O)(O)CC3)c2n1C1CCCCNC1)c1ccccc1. The topological polar surface area (TPSA) is 120 Å². The van der Waals surface area contributed by atoms with Gasteiger partial charge in [0.1, 0.15) is 0 Å². The monoisotopic (exact) mass is 497 g/mol. The van der Waals surface area contributed by atoms with Crippen LogP contribution in [0, 0.1) is 0 Å². The zero-order valence-electron chi connectivity index (χ0n) is 19.5. The van der Waals surface area contributed by atoms with Crippen LogP contribution in [0.5, 0.6) is 0 Å². The molecule has 0 radical (unpaired) electrons. The van der Waals surface area contributed by atoms with Crippen LogP contribution < -0.4 is 10.6 Å². The van der Waals surface area contributed by atoms with E-state index < -0.39 is 10.6 Å². The predicted octanol–water partition coefficient (Wildman–Crippen LogP) is 3.81. The van der Waals surface area contributed by atoms with E-state index in [9.17, 15) is 18.7 Å². The molecule has 4 N–H and O–H groups in total. The first-order chi connectivity index (χ1) is 16.9. The van der Waals surface area contributed by atoms with Crippen LogP contribution in [0.3, 0.4) is 0 Å². The van der Waals surface area contributed by atoms with Gasteiger partial charge < -0.3 is 14.8 Å². The normalized spacial score (nSPS) is 21.3. The highest BCUT2D eigenvalue weighted by atomic mass is 32.3. The predicted molar refractivity (Wildman–Crippen MR) is 138 cm³/mol. The van der Waals surface area contributed by atoms with Crippen molar-refractivity contribution in [2.45, 2.75) is 25.3 Å². The summed E-state index contributed by atoms with van der Waals surface area (Å²) < 4.78 is 22.0. The van der Waals surface area contributed by atoms with E-state index in [4.69, 9.17) is 4.98 Å². The Kier molecular flexibility index (Phi) is 6.79. The van der Waals surface area contributed by atoms with Crippen molar-refractivity contribution < 1.29 is 18.7 Å². The molecule has 1 atom stereocenters. The number of benzene rings is 2. The zero-order chi connectivity index (χ0) is 24.4. The van der Waals surface area contributed by atoms with Gasteiger partial charge in [0.05, 0.1) is 28.1 Å². The first-order valence-corrected chi connectivity index (χ1v) is 13.9. The Morgan fingerprint density at radius 3 is 2.57 bits per heavy atom. The number of nitrogens with one attached hydrogen (secondary N) is 2. The maximum absolute atomic E-state index is 13.6. The summed E-state index contributed by atoms with van der Waals surface area (Å²) in [6, 6.07) is 14.5. The fraction of sp³-hybridized carbons (Fsp3) is 0.400. The quantitative estimate of drug-likeness (QED) is 0.435. The fourth-order valence-electron chi connectivity index (χ4n) is 4.85. The second-order valence-corrected chi connectivity index (χ2v) is 11.6. The summed E-state index contributed by atoms with van der Waals surface area (Å²) in [6.45, 7) is 2.25. The molecule has 2 fully saturated rings. The largest absolute Gasteiger partial charge is 0.335 e. The van der Waals surface area contributed by atoms with E-state index in [2.05, 4.69) is 10.6 Å². The van der Waals surface area contributed by atoms with Crippen LogP contribution in [0.2, 0.25) is 0 Å². The molecule has 5 rings (SSSR count). The lowest BCUT2D eigenvalue weighted by Gasteiger charge is -2.41. The van der Waals surface area contributed by atoms with Crippen molar-refractivity contribution in [1.82, 2.24) is 19.8 Å². The summed E-state index contributed by atoms with van der Waals surface area (Å²) in [6.07, 6.45) is 3.00. The summed E-state index contributed by atoms with van der Waals surface area (Å²) in [7, 11) is -2.61. The Hall–Kier alpha value is -2.92. The summed E-state index contributed by atoms with van der Waals surface area (Å²) in [4.78, 5) is 33.1. The molecule has 2 aliphatic rings. The van der Waals surface area contributed by atoms with Crippen molar-refractivity contribution in [1.29, 1.82) is 0 Å². The smallest absolute Gasteiger partial charge is 0.257 e. The molecule has 3 aromatic rings. The van der Waals surface area contributed by atoms with Crippen LogP contribution in [0.4, 0.5) is 5.95 Å². The third kappa shape index (κ3) is 5.06. The minimum absolute atomic E-state index is 0.0239. The molecule has 0 bridgehead atoms. The van der Waals surface area contributed by atoms with Gasteiger partial charge in [0.2, 0.25) is 5.95 Å². The molecule has 186 valence electrons. The van der Waals surface area contributed by atoms with Crippen molar-refractivity contribution in [3.8, 4) is 0 Å². The van der Waals surface area contributed by atoms with E-state index in [0.29, 0.717) is 47.7 Å². The second-order valence-electron chi connectivity index (χ2n) is 9.16. The Morgan fingerprint density at radius 1 is 1.03 bits per heavy atom. The molecular weight excluding hydrogens is 466 g/mol. The Morgan fingerprint density at radius 2 is 1.80 bits per heavy atom. The minimum atomic E-state index is -2.61. The first kappa shape index (κ1) is 23.8. The van der Waals surface area contributed by atoms with Crippen molar-refractivity contribution in [2.24, 2.45) is 0 Å². The molecular formula is C25H31N5O4S. The van der Waals surface area contributed by atoms with Gasteiger partial charge >= 0.3 is 0 Å².